The van der Waals surface area contributed by atoms with Gasteiger partial charge in [0, 0.05) is 15.6 Å². The zero-order valence-corrected chi connectivity index (χ0v) is 11.4. The Balaban J connectivity index is 2.06. The largest absolute Gasteiger partial charge is 0.508 e. The molecule has 0 bridgehead atoms. The summed E-state index contributed by atoms with van der Waals surface area (Å²) in [5.74, 6) is 0.258. The number of phenolic OH excluding ortho intramolecular Hbond substituents is 1. The first kappa shape index (κ1) is 12.7. The fraction of sp³-hybridized carbons (Fsp3) is 0.0625. The van der Waals surface area contributed by atoms with Crippen LogP contribution in [0.25, 0.3) is 21.2 Å². The smallest absolute Gasteiger partial charge is 0.293 e. The van der Waals surface area contributed by atoms with Gasteiger partial charge in [0.05, 0.1) is 0 Å². The van der Waals surface area contributed by atoms with Gasteiger partial charge in [-0.2, -0.15) is 0 Å². The maximum absolute atomic E-state index is 10.3. The SMILES string of the molecule is O=COCc1ccc2scc(-c3ccc(O)cc3)c2c1. The lowest BCUT2D eigenvalue weighted by Crippen LogP contribution is -1.89. The van der Waals surface area contributed by atoms with Crippen LogP contribution in [0.5, 0.6) is 5.75 Å². The molecule has 2 aromatic carbocycles. The summed E-state index contributed by atoms with van der Waals surface area (Å²) in [7, 11) is 0. The molecule has 0 aliphatic rings. The molecule has 0 aliphatic carbocycles. The Morgan fingerprint density at radius 2 is 1.95 bits per heavy atom. The fourth-order valence-corrected chi connectivity index (χ4v) is 3.11. The van der Waals surface area contributed by atoms with Crippen molar-refractivity contribution in [3.05, 3.63) is 53.4 Å². The van der Waals surface area contributed by atoms with Crippen LogP contribution >= 0.6 is 11.3 Å². The summed E-state index contributed by atoms with van der Waals surface area (Å²) in [6.45, 7) is 0.739. The summed E-state index contributed by atoms with van der Waals surface area (Å²) >= 11 is 1.67. The molecular weight excluding hydrogens is 272 g/mol. The Morgan fingerprint density at radius 1 is 1.15 bits per heavy atom. The predicted molar refractivity (Wildman–Crippen MR) is 79.8 cm³/mol. The van der Waals surface area contributed by atoms with E-state index < -0.39 is 0 Å². The summed E-state index contributed by atoms with van der Waals surface area (Å²) in [5, 5.41) is 12.6. The van der Waals surface area contributed by atoms with Gasteiger partial charge < -0.3 is 9.84 Å². The third-order valence-corrected chi connectivity index (χ3v) is 4.10. The van der Waals surface area contributed by atoms with E-state index in [1.165, 1.54) is 4.70 Å². The Labute approximate surface area is 120 Å². The maximum Gasteiger partial charge on any atom is 0.293 e. The predicted octanol–water partition coefficient (Wildman–Crippen LogP) is 3.95. The van der Waals surface area contributed by atoms with E-state index >= 15 is 0 Å². The summed E-state index contributed by atoms with van der Waals surface area (Å²) in [6.07, 6.45) is 0. The monoisotopic (exact) mass is 284 g/mol. The molecule has 0 atom stereocenters. The van der Waals surface area contributed by atoms with E-state index in [9.17, 15) is 9.90 Å². The first-order valence-electron chi connectivity index (χ1n) is 6.13. The van der Waals surface area contributed by atoms with Gasteiger partial charge in [0.1, 0.15) is 12.4 Å². The minimum atomic E-state index is 0.258. The number of phenols is 1. The topological polar surface area (TPSA) is 46.5 Å². The third-order valence-electron chi connectivity index (χ3n) is 3.13. The van der Waals surface area contributed by atoms with Crippen molar-refractivity contribution < 1.29 is 14.6 Å². The molecule has 20 heavy (non-hydrogen) atoms. The number of rotatable bonds is 4. The maximum atomic E-state index is 10.3. The quantitative estimate of drug-likeness (QED) is 0.738. The van der Waals surface area contributed by atoms with Crippen molar-refractivity contribution in [1.29, 1.82) is 0 Å². The molecule has 100 valence electrons. The van der Waals surface area contributed by atoms with Gasteiger partial charge in [-0.15, -0.1) is 11.3 Å². The van der Waals surface area contributed by atoms with E-state index in [1.54, 1.807) is 23.5 Å². The number of hydrogen-bond donors (Lipinski definition) is 1. The molecule has 0 unspecified atom stereocenters. The molecule has 0 fully saturated rings. The molecule has 0 radical (unpaired) electrons. The van der Waals surface area contributed by atoms with Gasteiger partial charge in [-0.3, -0.25) is 4.79 Å². The van der Waals surface area contributed by atoms with E-state index in [0.29, 0.717) is 6.47 Å². The van der Waals surface area contributed by atoms with Crippen molar-refractivity contribution in [1.82, 2.24) is 0 Å². The van der Waals surface area contributed by atoms with Crippen LogP contribution in [0.2, 0.25) is 0 Å². The molecule has 3 rings (SSSR count). The highest BCUT2D eigenvalue weighted by atomic mass is 32.1. The highest BCUT2D eigenvalue weighted by molar-refractivity contribution is 7.17. The van der Waals surface area contributed by atoms with Crippen LogP contribution in [0.4, 0.5) is 0 Å². The second-order valence-electron chi connectivity index (χ2n) is 4.43. The number of thiophene rings is 1. The summed E-state index contributed by atoms with van der Waals surface area (Å²) in [6, 6.07) is 13.2. The number of fused-ring (bicyclic) bond motifs is 1. The molecule has 3 aromatic rings. The molecule has 0 spiro atoms. The number of benzene rings is 2. The second-order valence-corrected chi connectivity index (χ2v) is 5.35. The molecule has 0 amide bonds. The van der Waals surface area contributed by atoms with E-state index in [4.69, 9.17) is 4.74 Å². The van der Waals surface area contributed by atoms with Crippen molar-refractivity contribution >= 4 is 27.9 Å². The van der Waals surface area contributed by atoms with Crippen LogP contribution in [0.1, 0.15) is 5.56 Å². The average Bonchev–Trinajstić information content (AvgIpc) is 2.89. The molecule has 3 nitrogen and oxygen atoms in total. The number of carbonyl (C=O) groups is 1. The number of hydrogen-bond acceptors (Lipinski definition) is 4. The first-order chi connectivity index (χ1) is 9.78. The molecule has 0 aliphatic heterocycles. The minimum Gasteiger partial charge on any atom is -0.508 e. The first-order valence-corrected chi connectivity index (χ1v) is 7.00. The minimum absolute atomic E-state index is 0.258. The van der Waals surface area contributed by atoms with Crippen LogP contribution in [-0.2, 0) is 16.1 Å². The molecule has 0 saturated carbocycles. The second kappa shape index (κ2) is 5.35. The van der Waals surface area contributed by atoms with Gasteiger partial charge in [-0.05, 0) is 40.8 Å². The van der Waals surface area contributed by atoms with Gasteiger partial charge in [-0.1, -0.05) is 18.2 Å². The van der Waals surface area contributed by atoms with Crippen molar-refractivity contribution in [2.45, 2.75) is 6.61 Å². The third kappa shape index (κ3) is 2.38. The van der Waals surface area contributed by atoms with E-state index in [1.807, 2.05) is 30.3 Å². The highest BCUT2D eigenvalue weighted by Crippen LogP contribution is 2.35. The highest BCUT2D eigenvalue weighted by Gasteiger charge is 2.07. The molecule has 1 heterocycles. The lowest BCUT2D eigenvalue weighted by atomic mass is 10.0. The molecular formula is C16H12O3S. The Kier molecular flexibility index (Phi) is 3.39. The van der Waals surface area contributed by atoms with Crippen molar-refractivity contribution in [3.63, 3.8) is 0 Å². The van der Waals surface area contributed by atoms with E-state index in [-0.39, 0.29) is 12.4 Å². The van der Waals surface area contributed by atoms with Crippen LogP contribution < -0.4 is 0 Å². The van der Waals surface area contributed by atoms with Crippen molar-refractivity contribution in [2.75, 3.05) is 0 Å². The summed E-state index contributed by atoms with van der Waals surface area (Å²) in [4.78, 5) is 10.3. The zero-order chi connectivity index (χ0) is 13.9. The van der Waals surface area contributed by atoms with Crippen molar-refractivity contribution in [3.8, 4) is 16.9 Å². The van der Waals surface area contributed by atoms with Crippen LogP contribution in [0.15, 0.2) is 47.8 Å². The van der Waals surface area contributed by atoms with Gasteiger partial charge in [0.2, 0.25) is 0 Å². The van der Waals surface area contributed by atoms with Gasteiger partial charge in [0.25, 0.3) is 6.47 Å². The number of ether oxygens (including phenoxy) is 1. The van der Waals surface area contributed by atoms with E-state index in [2.05, 4.69) is 5.38 Å². The fourth-order valence-electron chi connectivity index (χ4n) is 2.16. The Morgan fingerprint density at radius 3 is 2.70 bits per heavy atom. The van der Waals surface area contributed by atoms with Gasteiger partial charge in [0.15, 0.2) is 0 Å². The van der Waals surface area contributed by atoms with Crippen LogP contribution in [-0.4, -0.2) is 11.6 Å². The molecule has 1 N–H and O–H groups in total. The standard InChI is InChI=1S/C16H12O3S/c17-10-19-8-11-1-6-16-14(7-11)15(9-20-16)12-2-4-13(18)5-3-12/h1-7,9-10,18H,8H2. The molecule has 1 aromatic heterocycles. The molecule has 0 saturated heterocycles. The summed E-state index contributed by atoms with van der Waals surface area (Å²) < 4.78 is 5.98. The lowest BCUT2D eigenvalue weighted by Gasteiger charge is -2.03. The van der Waals surface area contributed by atoms with Crippen LogP contribution in [0, 0.1) is 0 Å². The number of carbonyl (C=O) groups excluding carboxylic acids is 1. The van der Waals surface area contributed by atoms with Gasteiger partial charge >= 0.3 is 0 Å². The summed E-state index contributed by atoms with van der Waals surface area (Å²) in [5.41, 5.74) is 3.14. The zero-order valence-electron chi connectivity index (χ0n) is 10.6. The van der Waals surface area contributed by atoms with E-state index in [0.717, 1.165) is 22.1 Å². The lowest BCUT2D eigenvalue weighted by molar-refractivity contribution is -0.129. The average molecular weight is 284 g/mol. The Hall–Kier alpha value is -2.33. The van der Waals surface area contributed by atoms with Crippen molar-refractivity contribution in [2.24, 2.45) is 0 Å². The van der Waals surface area contributed by atoms with Gasteiger partial charge in [-0.25, -0.2) is 0 Å². The normalized spacial score (nSPS) is 10.6. The number of aromatic hydroxyl groups is 1. The molecule has 4 heteroatoms. The Bertz CT molecular complexity index is 744. The van der Waals surface area contributed by atoms with Crippen LogP contribution in [0.3, 0.4) is 0 Å².